The highest BCUT2D eigenvalue weighted by Crippen LogP contribution is 2.19. The molecule has 0 spiro atoms. The average Bonchev–Trinajstić information content (AvgIpc) is 2.43. The van der Waals surface area contributed by atoms with E-state index in [1.165, 1.54) is 4.90 Å². The summed E-state index contributed by atoms with van der Waals surface area (Å²) in [5, 5.41) is 0. The summed E-state index contributed by atoms with van der Waals surface area (Å²) in [6.07, 6.45) is 5.22. The van der Waals surface area contributed by atoms with Gasteiger partial charge in [0.05, 0.1) is 17.8 Å². The van der Waals surface area contributed by atoms with Crippen molar-refractivity contribution in [2.75, 3.05) is 38.5 Å². The lowest BCUT2D eigenvalue weighted by Gasteiger charge is -2.33. The van der Waals surface area contributed by atoms with E-state index in [2.05, 4.69) is 5.92 Å². The van der Waals surface area contributed by atoms with Crippen LogP contribution in [-0.2, 0) is 0 Å². The van der Waals surface area contributed by atoms with Gasteiger partial charge in [-0.15, -0.1) is 6.42 Å². The Labute approximate surface area is 116 Å². The highest BCUT2D eigenvalue weighted by molar-refractivity contribution is 5.95. The third-order valence-electron chi connectivity index (χ3n) is 3.29. The first-order valence-corrected chi connectivity index (χ1v) is 6.22. The van der Waals surface area contributed by atoms with E-state index in [9.17, 15) is 13.6 Å². The zero-order chi connectivity index (χ0) is 14.7. The van der Waals surface area contributed by atoms with E-state index < -0.39 is 17.5 Å². The number of anilines is 1. The van der Waals surface area contributed by atoms with Crippen molar-refractivity contribution in [2.45, 2.75) is 0 Å². The van der Waals surface area contributed by atoms with Gasteiger partial charge in [-0.05, 0) is 6.07 Å². The molecule has 1 heterocycles. The largest absolute Gasteiger partial charge is 0.396 e. The van der Waals surface area contributed by atoms with E-state index in [0.717, 1.165) is 6.07 Å². The van der Waals surface area contributed by atoms with Crippen LogP contribution in [0.2, 0.25) is 0 Å². The zero-order valence-corrected chi connectivity index (χ0v) is 10.9. The Bertz CT molecular complexity index is 560. The van der Waals surface area contributed by atoms with Crippen LogP contribution in [0.3, 0.4) is 0 Å². The van der Waals surface area contributed by atoms with E-state index in [4.69, 9.17) is 12.2 Å². The monoisotopic (exact) mass is 279 g/mol. The molecule has 1 amide bonds. The van der Waals surface area contributed by atoms with Crippen LogP contribution in [0.4, 0.5) is 14.5 Å². The summed E-state index contributed by atoms with van der Waals surface area (Å²) in [7, 11) is 0. The molecule has 1 aliphatic rings. The second-order valence-corrected chi connectivity index (χ2v) is 4.63. The highest BCUT2D eigenvalue weighted by Gasteiger charge is 2.24. The number of hydrogen-bond acceptors (Lipinski definition) is 3. The number of carbonyl (C=O) groups is 1. The third-order valence-corrected chi connectivity index (χ3v) is 3.29. The maximum atomic E-state index is 13.7. The molecule has 0 bridgehead atoms. The van der Waals surface area contributed by atoms with Gasteiger partial charge >= 0.3 is 0 Å². The molecule has 6 heteroatoms. The molecule has 1 aliphatic heterocycles. The number of nitrogens with zero attached hydrogens (tertiary/aromatic N) is 2. The van der Waals surface area contributed by atoms with Gasteiger partial charge in [0.25, 0.3) is 5.91 Å². The number of terminal acetylenes is 1. The number of halogens is 2. The minimum Gasteiger partial charge on any atom is -0.396 e. The summed E-state index contributed by atoms with van der Waals surface area (Å²) in [4.78, 5) is 15.7. The lowest BCUT2D eigenvalue weighted by molar-refractivity contribution is 0.0647. The number of carbonyl (C=O) groups excluding carboxylic acids is 1. The summed E-state index contributed by atoms with van der Waals surface area (Å²) >= 11 is 0. The molecule has 0 unspecified atom stereocenters. The van der Waals surface area contributed by atoms with Gasteiger partial charge in [-0.3, -0.25) is 9.69 Å². The van der Waals surface area contributed by atoms with Crippen molar-refractivity contribution >= 4 is 11.6 Å². The van der Waals surface area contributed by atoms with Crippen molar-refractivity contribution in [3.63, 3.8) is 0 Å². The number of nitrogens with two attached hydrogens (primary N) is 1. The summed E-state index contributed by atoms with van der Waals surface area (Å²) in [6.45, 7) is 2.71. The Hall–Kier alpha value is -2.13. The molecule has 1 saturated heterocycles. The fourth-order valence-electron chi connectivity index (χ4n) is 2.14. The molecule has 1 aromatic carbocycles. The van der Waals surface area contributed by atoms with Crippen molar-refractivity contribution in [3.05, 3.63) is 29.3 Å². The molecule has 0 saturated carbocycles. The number of benzene rings is 1. The maximum absolute atomic E-state index is 13.7. The Morgan fingerprint density at radius 1 is 1.25 bits per heavy atom. The van der Waals surface area contributed by atoms with Crippen LogP contribution in [0.15, 0.2) is 12.1 Å². The third kappa shape index (κ3) is 2.89. The predicted octanol–water partition coefficient (Wildman–Crippen LogP) is 0.938. The van der Waals surface area contributed by atoms with Crippen molar-refractivity contribution in [2.24, 2.45) is 0 Å². The molecule has 2 N–H and O–H groups in total. The number of nitrogen functional groups attached to an aromatic ring is 1. The maximum Gasteiger partial charge on any atom is 0.256 e. The molecule has 0 atom stereocenters. The quantitative estimate of drug-likeness (QED) is 0.647. The van der Waals surface area contributed by atoms with Gasteiger partial charge < -0.3 is 10.6 Å². The molecular weight excluding hydrogens is 264 g/mol. The first kappa shape index (κ1) is 14.3. The molecule has 106 valence electrons. The molecule has 20 heavy (non-hydrogen) atoms. The van der Waals surface area contributed by atoms with Crippen molar-refractivity contribution < 1.29 is 13.6 Å². The van der Waals surface area contributed by atoms with Crippen LogP contribution in [-0.4, -0.2) is 48.4 Å². The summed E-state index contributed by atoms with van der Waals surface area (Å²) in [5.41, 5.74) is 4.94. The topological polar surface area (TPSA) is 49.6 Å². The van der Waals surface area contributed by atoms with Gasteiger partial charge in [0.15, 0.2) is 0 Å². The van der Waals surface area contributed by atoms with E-state index in [1.807, 2.05) is 4.90 Å². The Kier molecular flexibility index (Phi) is 4.20. The van der Waals surface area contributed by atoms with Crippen LogP contribution >= 0.6 is 0 Å². The first-order chi connectivity index (χ1) is 9.52. The van der Waals surface area contributed by atoms with Crippen molar-refractivity contribution in [1.82, 2.24) is 9.80 Å². The van der Waals surface area contributed by atoms with E-state index in [1.54, 1.807) is 0 Å². The Balaban J connectivity index is 2.10. The molecule has 1 aromatic rings. The van der Waals surface area contributed by atoms with Gasteiger partial charge in [-0.25, -0.2) is 8.78 Å². The van der Waals surface area contributed by atoms with Crippen LogP contribution < -0.4 is 5.73 Å². The van der Waals surface area contributed by atoms with Gasteiger partial charge in [0, 0.05) is 32.2 Å². The number of hydrogen-bond donors (Lipinski definition) is 1. The average molecular weight is 279 g/mol. The Morgan fingerprint density at radius 2 is 1.90 bits per heavy atom. The van der Waals surface area contributed by atoms with Crippen LogP contribution in [0.1, 0.15) is 10.4 Å². The lowest BCUT2D eigenvalue weighted by Crippen LogP contribution is -2.48. The van der Waals surface area contributed by atoms with Gasteiger partial charge in [0.1, 0.15) is 11.6 Å². The number of rotatable bonds is 2. The minimum absolute atomic E-state index is 0.200. The van der Waals surface area contributed by atoms with Crippen LogP contribution in [0, 0.1) is 24.0 Å². The van der Waals surface area contributed by atoms with E-state index in [-0.39, 0.29) is 11.3 Å². The van der Waals surface area contributed by atoms with Crippen LogP contribution in [0.5, 0.6) is 0 Å². The number of piperazine rings is 1. The van der Waals surface area contributed by atoms with Crippen LogP contribution in [0.25, 0.3) is 0 Å². The SMILES string of the molecule is C#CCN1CCN(C(=O)c2cc(N)c(F)cc2F)CC1. The summed E-state index contributed by atoms with van der Waals surface area (Å²) < 4.78 is 26.7. The molecule has 0 radical (unpaired) electrons. The predicted molar refractivity (Wildman–Crippen MR) is 71.9 cm³/mol. The molecule has 1 fully saturated rings. The normalized spacial score (nSPS) is 15.9. The standard InChI is InChI=1S/C14H15F2N3O/c1-2-3-18-4-6-19(7-5-18)14(20)10-8-13(17)12(16)9-11(10)15/h1,8-9H,3-7,17H2. The first-order valence-electron chi connectivity index (χ1n) is 6.22. The summed E-state index contributed by atoms with van der Waals surface area (Å²) in [5.74, 6) is 0.304. The smallest absolute Gasteiger partial charge is 0.256 e. The number of amides is 1. The van der Waals surface area contributed by atoms with Gasteiger partial charge in [-0.2, -0.15) is 0 Å². The van der Waals surface area contributed by atoms with Crippen molar-refractivity contribution in [3.8, 4) is 12.3 Å². The fraction of sp³-hybridized carbons (Fsp3) is 0.357. The molecule has 4 nitrogen and oxygen atoms in total. The molecule has 0 aromatic heterocycles. The van der Waals surface area contributed by atoms with E-state index in [0.29, 0.717) is 38.8 Å². The van der Waals surface area contributed by atoms with E-state index >= 15 is 0 Å². The molecule has 0 aliphatic carbocycles. The molecular formula is C14H15F2N3O. The molecule has 2 rings (SSSR count). The second-order valence-electron chi connectivity index (χ2n) is 4.63. The lowest BCUT2D eigenvalue weighted by atomic mass is 10.1. The van der Waals surface area contributed by atoms with Gasteiger partial charge in [-0.1, -0.05) is 5.92 Å². The fourth-order valence-corrected chi connectivity index (χ4v) is 2.14. The van der Waals surface area contributed by atoms with Gasteiger partial charge in [0.2, 0.25) is 0 Å². The van der Waals surface area contributed by atoms with Crippen molar-refractivity contribution in [1.29, 1.82) is 0 Å². The minimum atomic E-state index is -0.896. The highest BCUT2D eigenvalue weighted by atomic mass is 19.1. The summed E-state index contributed by atoms with van der Waals surface area (Å²) in [6, 6.07) is 1.68. The Morgan fingerprint density at radius 3 is 2.50 bits per heavy atom. The second kappa shape index (κ2) is 5.88. The zero-order valence-electron chi connectivity index (χ0n) is 10.9.